The fraction of sp³-hybridized carbons (Fsp3) is 0.476. The number of nitrogens with zero attached hydrogens (tertiary/aromatic N) is 2. The Morgan fingerprint density at radius 3 is 2.55 bits per heavy atom. The van der Waals surface area contributed by atoms with Crippen LogP contribution in [0.15, 0.2) is 77.7 Å². The van der Waals surface area contributed by atoms with Gasteiger partial charge in [0.1, 0.15) is 11.5 Å². The summed E-state index contributed by atoms with van der Waals surface area (Å²) in [5.74, 6) is -0.549. The van der Waals surface area contributed by atoms with Gasteiger partial charge >= 0.3 is 0 Å². The van der Waals surface area contributed by atoms with E-state index in [9.17, 15) is 23.1 Å². The van der Waals surface area contributed by atoms with Crippen LogP contribution in [0.3, 0.4) is 0 Å². The first-order chi connectivity index (χ1) is 26.2. The highest BCUT2D eigenvalue weighted by Gasteiger charge is 2.50. The van der Waals surface area contributed by atoms with Crippen LogP contribution >= 0.6 is 11.6 Å². The zero-order valence-corrected chi connectivity index (χ0v) is 33.4. The molecular weight excluding hydrogens is 742 g/mol. The molecule has 2 amide bonds. The van der Waals surface area contributed by atoms with Crippen LogP contribution in [0.25, 0.3) is 0 Å². The summed E-state index contributed by atoms with van der Waals surface area (Å²) in [5, 5.41) is 13.2. The Labute approximate surface area is 328 Å². The number of methoxy groups -OCH3 is 2. The number of hydrogen-bond acceptors (Lipinski definition) is 9. The minimum Gasteiger partial charge on any atom is -0.497 e. The van der Waals surface area contributed by atoms with E-state index in [4.69, 9.17) is 25.8 Å². The van der Waals surface area contributed by atoms with E-state index < -0.39 is 33.9 Å². The highest BCUT2D eigenvalue weighted by atomic mass is 35.5. The maximum Gasteiger partial charge on any atom is 0.270 e. The van der Waals surface area contributed by atoms with Gasteiger partial charge in [-0.15, -0.1) is 0 Å². The van der Waals surface area contributed by atoms with Gasteiger partial charge < -0.3 is 29.1 Å². The lowest BCUT2D eigenvalue weighted by Gasteiger charge is -2.53. The number of sulfonamides is 1. The summed E-state index contributed by atoms with van der Waals surface area (Å²) >= 11 is 6.48. The summed E-state index contributed by atoms with van der Waals surface area (Å²) in [5.41, 5.74) is 0.0213. The molecule has 2 bridgehead atoms. The zero-order valence-electron chi connectivity index (χ0n) is 31.8. The SMILES string of the molecule is COc1ccc(S(=O)(=O)NC(=O)[C@@]2(O)CC(=O)N(C)CC/C=C/[C@H](OC)[C@@H]3CCC3(C)CN3C[C@@]4(CCCc5cc(Cl)ccc54)COc4ccc2cc43)cc1. The Morgan fingerprint density at radius 2 is 1.84 bits per heavy atom. The van der Waals surface area contributed by atoms with Gasteiger partial charge in [0.2, 0.25) is 5.91 Å². The summed E-state index contributed by atoms with van der Waals surface area (Å²) in [4.78, 5) is 31.6. The molecule has 13 heteroatoms. The van der Waals surface area contributed by atoms with E-state index in [2.05, 4.69) is 28.7 Å². The van der Waals surface area contributed by atoms with Crippen LogP contribution < -0.4 is 19.1 Å². The third-order valence-electron chi connectivity index (χ3n) is 12.4. The van der Waals surface area contributed by atoms with Gasteiger partial charge in [-0.25, -0.2) is 13.1 Å². The molecule has 1 spiro atoms. The lowest BCUT2D eigenvalue weighted by Crippen LogP contribution is -2.54. The van der Waals surface area contributed by atoms with Crippen LogP contribution in [0.2, 0.25) is 5.02 Å². The van der Waals surface area contributed by atoms with Crippen molar-refractivity contribution in [2.45, 2.75) is 73.9 Å². The second-order valence-electron chi connectivity index (χ2n) is 15.9. The molecule has 294 valence electrons. The molecule has 2 heterocycles. The molecule has 2 aliphatic heterocycles. The van der Waals surface area contributed by atoms with Gasteiger partial charge in [-0.3, -0.25) is 9.59 Å². The molecular formula is C42H50ClN3O8S. The van der Waals surface area contributed by atoms with Gasteiger partial charge in [-0.2, -0.15) is 0 Å². The quantitative estimate of drug-likeness (QED) is 0.310. The fourth-order valence-electron chi connectivity index (χ4n) is 9.03. The van der Waals surface area contributed by atoms with Gasteiger partial charge in [0.05, 0.1) is 36.8 Å². The summed E-state index contributed by atoms with van der Waals surface area (Å²) < 4.78 is 47.1. The molecule has 3 aromatic carbocycles. The summed E-state index contributed by atoms with van der Waals surface area (Å²) in [7, 11) is 0.336. The number of fused-ring (bicyclic) bond motifs is 4. The van der Waals surface area contributed by atoms with Crippen molar-refractivity contribution in [2.75, 3.05) is 52.4 Å². The van der Waals surface area contributed by atoms with Crippen LogP contribution in [0.1, 0.15) is 62.1 Å². The predicted octanol–water partition coefficient (Wildman–Crippen LogP) is 5.75. The molecule has 1 saturated carbocycles. The average molecular weight is 792 g/mol. The second kappa shape index (κ2) is 15.1. The van der Waals surface area contributed by atoms with Gasteiger partial charge in [-0.1, -0.05) is 42.8 Å². The molecule has 11 nitrogen and oxygen atoms in total. The molecule has 4 aliphatic rings. The lowest BCUT2D eigenvalue weighted by atomic mass is 9.58. The molecule has 0 saturated heterocycles. The molecule has 3 aromatic rings. The number of benzene rings is 3. The first kappa shape index (κ1) is 39.1. The number of carbonyl (C=O) groups excluding carboxylic acids is 2. The first-order valence-electron chi connectivity index (χ1n) is 18.9. The van der Waals surface area contributed by atoms with Crippen LogP contribution in [-0.2, 0) is 41.8 Å². The zero-order chi connectivity index (χ0) is 39.2. The molecule has 0 aromatic heterocycles. The number of aryl methyl sites for hydroxylation is 1. The Kier molecular flexibility index (Phi) is 10.7. The lowest BCUT2D eigenvalue weighted by molar-refractivity contribution is -0.148. The van der Waals surface area contributed by atoms with Crippen molar-refractivity contribution < 1.29 is 37.3 Å². The maximum atomic E-state index is 14.3. The Balaban J connectivity index is 1.34. The molecule has 5 atom stereocenters. The highest BCUT2D eigenvalue weighted by Crippen LogP contribution is 2.53. The van der Waals surface area contributed by atoms with Crippen molar-refractivity contribution in [3.8, 4) is 11.5 Å². The van der Waals surface area contributed by atoms with Crippen molar-refractivity contribution in [1.29, 1.82) is 0 Å². The van der Waals surface area contributed by atoms with Crippen LogP contribution in [0.5, 0.6) is 11.5 Å². The molecule has 55 heavy (non-hydrogen) atoms. The predicted molar refractivity (Wildman–Crippen MR) is 210 cm³/mol. The Hall–Kier alpha value is -4.10. The maximum absolute atomic E-state index is 14.3. The van der Waals surface area contributed by atoms with Crippen molar-refractivity contribution >= 4 is 39.1 Å². The molecule has 2 aliphatic carbocycles. The van der Waals surface area contributed by atoms with E-state index in [1.165, 1.54) is 47.4 Å². The standard InChI is InChI=1S/C42H50ClN3O8S/c1-40-20-18-34(40)36(53-4)9-5-6-21-45(2)38(47)24-42(49,39(48)44-55(50,51)32-14-12-31(52-3)13-15-32)29-10-17-37-35(23-29)46(25-40)26-41(27-54-37)19-7-8-28-22-30(43)11-16-33(28)41/h5,9-17,22-23,34,36,49H,6-8,18-21,24-27H2,1-4H3,(H,44,48)/b9-5+/t34-,36-,40?,41-,42+/m0/s1. The Bertz CT molecular complexity index is 2090. The molecule has 7 rings (SSSR count). The van der Waals surface area contributed by atoms with E-state index in [1.54, 1.807) is 32.4 Å². The average Bonchev–Trinajstić information content (AvgIpc) is 3.31. The number of halogens is 1. The van der Waals surface area contributed by atoms with E-state index in [0.29, 0.717) is 54.9 Å². The number of rotatable bonds is 5. The van der Waals surface area contributed by atoms with Gasteiger partial charge in [-0.05, 0) is 115 Å². The van der Waals surface area contributed by atoms with Crippen molar-refractivity contribution in [1.82, 2.24) is 9.62 Å². The van der Waals surface area contributed by atoms with Crippen LogP contribution in [0, 0.1) is 11.3 Å². The number of amides is 2. The van der Waals surface area contributed by atoms with Crippen molar-refractivity contribution in [2.24, 2.45) is 11.3 Å². The number of hydrogen-bond donors (Lipinski definition) is 2. The van der Waals surface area contributed by atoms with Gasteiger partial charge in [0.25, 0.3) is 15.9 Å². The van der Waals surface area contributed by atoms with Crippen LogP contribution in [-0.4, -0.2) is 83.9 Å². The van der Waals surface area contributed by atoms with Crippen molar-refractivity contribution in [3.05, 3.63) is 94.5 Å². The normalized spacial score (nSPS) is 28.9. The van der Waals surface area contributed by atoms with E-state index >= 15 is 0 Å². The summed E-state index contributed by atoms with van der Waals surface area (Å²) in [6, 6.07) is 16.6. The van der Waals surface area contributed by atoms with E-state index in [-0.39, 0.29) is 33.3 Å². The van der Waals surface area contributed by atoms with Crippen molar-refractivity contribution in [3.63, 3.8) is 0 Å². The first-order valence-corrected chi connectivity index (χ1v) is 20.7. The number of nitrogens with one attached hydrogen (secondary N) is 1. The molecule has 1 unspecified atom stereocenters. The summed E-state index contributed by atoms with van der Waals surface area (Å²) in [6.45, 7) is 4.24. The monoisotopic (exact) mass is 791 g/mol. The molecule has 0 radical (unpaired) electrons. The second-order valence-corrected chi connectivity index (χ2v) is 18.1. The van der Waals surface area contributed by atoms with E-state index in [0.717, 1.165) is 32.1 Å². The van der Waals surface area contributed by atoms with Gasteiger partial charge in [0, 0.05) is 44.2 Å². The molecule has 2 N–H and O–H groups in total. The topological polar surface area (TPSA) is 135 Å². The highest BCUT2D eigenvalue weighted by molar-refractivity contribution is 7.90. The molecule has 1 fully saturated rings. The third kappa shape index (κ3) is 7.46. The Morgan fingerprint density at radius 1 is 1.05 bits per heavy atom. The minimum atomic E-state index is -4.46. The largest absolute Gasteiger partial charge is 0.497 e. The van der Waals surface area contributed by atoms with Crippen LogP contribution in [0.4, 0.5) is 5.69 Å². The number of carbonyl (C=O) groups is 2. The third-order valence-corrected chi connectivity index (χ3v) is 14.0. The number of ether oxygens (including phenoxy) is 3. The smallest absolute Gasteiger partial charge is 0.270 e. The number of aliphatic hydroxyl groups is 1. The minimum absolute atomic E-state index is 0.0767. The van der Waals surface area contributed by atoms with Gasteiger partial charge in [0.15, 0.2) is 5.60 Å². The summed E-state index contributed by atoms with van der Waals surface area (Å²) in [6.07, 6.45) is 8.54. The number of anilines is 1. The van der Waals surface area contributed by atoms with E-state index in [1.807, 2.05) is 18.2 Å². The fourth-order valence-corrected chi connectivity index (χ4v) is 10.3.